The zero-order valence-electron chi connectivity index (χ0n) is 14.0. The van der Waals surface area contributed by atoms with Gasteiger partial charge in [-0.15, -0.1) is 0 Å². The van der Waals surface area contributed by atoms with E-state index in [4.69, 9.17) is 4.74 Å². The van der Waals surface area contributed by atoms with Crippen LogP contribution in [0.4, 0.5) is 0 Å². The first-order chi connectivity index (χ1) is 11.3. The first kappa shape index (κ1) is 18.0. The van der Waals surface area contributed by atoms with Crippen molar-refractivity contribution in [2.45, 2.75) is 17.9 Å². The zero-order chi connectivity index (χ0) is 17.7. The van der Waals surface area contributed by atoms with Crippen LogP contribution in [0.15, 0.2) is 59.5 Å². The summed E-state index contributed by atoms with van der Waals surface area (Å²) in [6.07, 6.45) is 1.17. The minimum atomic E-state index is -3.22. The molecule has 0 saturated heterocycles. The Bertz CT molecular complexity index is 786. The van der Waals surface area contributed by atoms with E-state index >= 15 is 0 Å². The lowest BCUT2D eigenvalue weighted by atomic mass is 10.1. The van der Waals surface area contributed by atoms with Crippen molar-refractivity contribution in [3.63, 3.8) is 0 Å². The lowest BCUT2D eigenvalue weighted by Crippen LogP contribution is -2.33. The predicted molar refractivity (Wildman–Crippen MR) is 92.7 cm³/mol. The van der Waals surface area contributed by atoms with E-state index in [1.807, 2.05) is 25.1 Å². The number of hydrogen-bond donors (Lipinski definition) is 0. The van der Waals surface area contributed by atoms with E-state index in [0.29, 0.717) is 5.75 Å². The Hall–Kier alpha value is -2.34. The van der Waals surface area contributed by atoms with Crippen molar-refractivity contribution in [3.05, 3.63) is 60.2 Å². The van der Waals surface area contributed by atoms with Crippen LogP contribution in [0.25, 0.3) is 0 Å². The number of likely N-dealkylation sites (N-methyl/N-ethyl adjacent to an activating group) is 1. The standard InChI is InChI=1S/C18H21NO4S/c1-14(15-9-11-17(12-10-15)24(3,21)22)19(2)18(20)13-23-16-7-5-4-6-8-16/h4-12,14H,13H2,1-3H3. The molecule has 0 spiro atoms. The summed E-state index contributed by atoms with van der Waals surface area (Å²) in [7, 11) is -1.52. The molecule has 5 nitrogen and oxygen atoms in total. The Morgan fingerprint density at radius 3 is 2.21 bits per heavy atom. The molecule has 2 aromatic carbocycles. The highest BCUT2D eigenvalue weighted by Crippen LogP contribution is 2.21. The van der Waals surface area contributed by atoms with Gasteiger partial charge < -0.3 is 9.64 Å². The molecule has 0 bridgehead atoms. The number of carbonyl (C=O) groups is 1. The number of amides is 1. The molecule has 0 N–H and O–H groups in total. The summed E-state index contributed by atoms with van der Waals surface area (Å²) in [5.41, 5.74) is 0.859. The molecule has 1 atom stereocenters. The van der Waals surface area contributed by atoms with Crippen molar-refractivity contribution in [1.29, 1.82) is 0 Å². The third kappa shape index (κ3) is 4.58. The van der Waals surface area contributed by atoms with Crippen molar-refractivity contribution >= 4 is 15.7 Å². The normalized spacial score (nSPS) is 12.5. The molecule has 0 saturated carbocycles. The molecule has 1 unspecified atom stereocenters. The molecule has 0 heterocycles. The highest BCUT2D eigenvalue weighted by molar-refractivity contribution is 7.90. The average Bonchev–Trinajstić information content (AvgIpc) is 2.58. The maximum absolute atomic E-state index is 12.3. The van der Waals surface area contributed by atoms with Gasteiger partial charge in [0.1, 0.15) is 5.75 Å². The SMILES string of the molecule is CC(c1ccc(S(C)(=O)=O)cc1)N(C)C(=O)COc1ccccc1. The van der Waals surface area contributed by atoms with Gasteiger partial charge in [-0.25, -0.2) is 8.42 Å². The van der Waals surface area contributed by atoms with Crippen LogP contribution in [0.5, 0.6) is 5.75 Å². The van der Waals surface area contributed by atoms with Gasteiger partial charge in [0.05, 0.1) is 10.9 Å². The molecule has 0 fully saturated rings. The Morgan fingerprint density at radius 2 is 1.67 bits per heavy atom. The quantitative estimate of drug-likeness (QED) is 0.806. The van der Waals surface area contributed by atoms with Gasteiger partial charge in [-0.3, -0.25) is 4.79 Å². The monoisotopic (exact) mass is 347 g/mol. The molecular formula is C18H21NO4S. The van der Waals surface area contributed by atoms with Crippen LogP contribution in [0.2, 0.25) is 0 Å². The van der Waals surface area contributed by atoms with Crippen LogP contribution in [0.3, 0.4) is 0 Å². The predicted octanol–water partition coefficient (Wildman–Crippen LogP) is 2.69. The number of hydrogen-bond acceptors (Lipinski definition) is 4. The van der Waals surface area contributed by atoms with E-state index in [1.54, 1.807) is 48.3 Å². The van der Waals surface area contributed by atoms with Crippen molar-refractivity contribution in [2.75, 3.05) is 19.9 Å². The third-order valence-corrected chi connectivity index (χ3v) is 5.00. The number of benzene rings is 2. The van der Waals surface area contributed by atoms with E-state index in [-0.39, 0.29) is 23.5 Å². The second-order valence-corrected chi connectivity index (χ2v) is 7.64. The maximum Gasteiger partial charge on any atom is 0.260 e. The smallest absolute Gasteiger partial charge is 0.260 e. The van der Waals surface area contributed by atoms with Gasteiger partial charge >= 0.3 is 0 Å². The van der Waals surface area contributed by atoms with Crippen LogP contribution in [-0.4, -0.2) is 39.1 Å². The molecule has 0 aromatic heterocycles. The number of carbonyl (C=O) groups excluding carboxylic acids is 1. The van der Waals surface area contributed by atoms with Crippen molar-refractivity contribution in [3.8, 4) is 5.75 Å². The average molecular weight is 347 g/mol. The Labute approximate surface area is 142 Å². The number of rotatable bonds is 6. The van der Waals surface area contributed by atoms with Crippen LogP contribution < -0.4 is 4.74 Å². The molecule has 0 aliphatic carbocycles. The first-order valence-corrected chi connectivity index (χ1v) is 9.41. The van der Waals surface area contributed by atoms with E-state index in [0.717, 1.165) is 5.56 Å². The summed E-state index contributed by atoms with van der Waals surface area (Å²) >= 11 is 0. The molecule has 24 heavy (non-hydrogen) atoms. The van der Waals surface area contributed by atoms with Gasteiger partial charge in [0.2, 0.25) is 0 Å². The first-order valence-electron chi connectivity index (χ1n) is 7.52. The summed E-state index contributed by atoms with van der Waals surface area (Å²) in [6, 6.07) is 15.5. The van der Waals surface area contributed by atoms with Crippen molar-refractivity contribution < 1.29 is 17.9 Å². The number of para-hydroxylation sites is 1. The second-order valence-electron chi connectivity index (χ2n) is 5.62. The molecule has 0 radical (unpaired) electrons. The second kappa shape index (κ2) is 7.49. The minimum Gasteiger partial charge on any atom is -0.484 e. The molecule has 2 aromatic rings. The van der Waals surface area contributed by atoms with E-state index in [2.05, 4.69) is 0 Å². The summed E-state index contributed by atoms with van der Waals surface area (Å²) < 4.78 is 28.5. The van der Waals surface area contributed by atoms with Crippen LogP contribution in [-0.2, 0) is 14.6 Å². The van der Waals surface area contributed by atoms with Gasteiger partial charge in [-0.2, -0.15) is 0 Å². The summed E-state index contributed by atoms with van der Waals surface area (Å²) in [4.78, 5) is 14.1. The van der Waals surface area contributed by atoms with E-state index in [1.165, 1.54) is 6.26 Å². The summed E-state index contributed by atoms with van der Waals surface area (Å²) in [6.45, 7) is 1.84. The number of nitrogens with zero attached hydrogens (tertiary/aromatic N) is 1. The topological polar surface area (TPSA) is 63.7 Å². The molecule has 128 valence electrons. The van der Waals surface area contributed by atoms with Gasteiger partial charge in [0.15, 0.2) is 16.4 Å². The van der Waals surface area contributed by atoms with Crippen molar-refractivity contribution in [2.24, 2.45) is 0 Å². The fourth-order valence-electron chi connectivity index (χ4n) is 2.20. The molecule has 0 aliphatic heterocycles. The van der Waals surface area contributed by atoms with E-state index in [9.17, 15) is 13.2 Å². The highest BCUT2D eigenvalue weighted by atomic mass is 32.2. The lowest BCUT2D eigenvalue weighted by Gasteiger charge is -2.25. The Balaban J connectivity index is 2.00. The fourth-order valence-corrected chi connectivity index (χ4v) is 2.83. The van der Waals surface area contributed by atoms with Crippen LogP contribution in [0.1, 0.15) is 18.5 Å². The van der Waals surface area contributed by atoms with Crippen LogP contribution >= 0.6 is 0 Å². The molecule has 1 amide bonds. The van der Waals surface area contributed by atoms with Gasteiger partial charge in [-0.1, -0.05) is 30.3 Å². The molecule has 2 rings (SSSR count). The molecular weight excluding hydrogens is 326 g/mol. The maximum atomic E-state index is 12.3. The summed E-state index contributed by atoms with van der Waals surface area (Å²) in [5.74, 6) is 0.489. The molecule has 0 aliphatic rings. The largest absolute Gasteiger partial charge is 0.484 e. The number of ether oxygens (including phenoxy) is 1. The minimum absolute atomic E-state index is 0.0493. The summed E-state index contributed by atoms with van der Waals surface area (Å²) in [5, 5.41) is 0. The zero-order valence-corrected chi connectivity index (χ0v) is 14.8. The lowest BCUT2D eigenvalue weighted by molar-refractivity contribution is -0.134. The van der Waals surface area contributed by atoms with Gasteiger partial charge in [0, 0.05) is 13.3 Å². The Morgan fingerprint density at radius 1 is 1.08 bits per heavy atom. The third-order valence-electron chi connectivity index (χ3n) is 3.87. The van der Waals surface area contributed by atoms with Crippen molar-refractivity contribution in [1.82, 2.24) is 4.90 Å². The fraction of sp³-hybridized carbons (Fsp3) is 0.278. The van der Waals surface area contributed by atoms with Gasteiger partial charge in [-0.05, 0) is 36.8 Å². The Kier molecular flexibility index (Phi) is 5.62. The highest BCUT2D eigenvalue weighted by Gasteiger charge is 2.18. The van der Waals surface area contributed by atoms with Crippen LogP contribution in [0, 0.1) is 0 Å². The number of sulfone groups is 1. The van der Waals surface area contributed by atoms with E-state index < -0.39 is 9.84 Å². The van der Waals surface area contributed by atoms with Gasteiger partial charge in [0.25, 0.3) is 5.91 Å². The molecule has 6 heteroatoms.